The van der Waals surface area contributed by atoms with Gasteiger partial charge in [-0.05, 0) is 25.3 Å². The summed E-state index contributed by atoms with van der Waals surface area (Å²) in [5.74, 6) is 0. The largest absolute Gasteiger partial charge is 0.338 e. The standard InChI is InChI=1S/C14H21N5OS/c1-3-12(13-15-6-8-21-13)18-14(20)16-5-4-7-19-10-11(2)9-17-19/h6,8-10,12H,3-5,7H2,1-2H3,(H2,16,18,20)/t12-/m1/s1. The summed E-state index contributed by atoms with van der Waals surface area (Å²) in [6.45, 7) is 5.47. The van der Waals surface area contributed by atoms with E-state index >= 15 is 0 Å². The summed E-state index contributed by atoms with van der Waals surface area (Å²) >= 11 is 1.56. The summed E-state index contributed by atoms with van der Waals surface area (Å²) in [7, 11) is 0. The van der Waals surface area contributed by atoms with Gasteiger partial charge in [-0.25, -0.2) is 9.78 Å². The molecule has 0 aliphatic rings. The third kappa shape index (κ3) is 4.86. The third-order valence-corrected chi connectivity index (χ3v) is 3.96. The first-order valence-corrected chi connectivity index (χ1v) is 7.99. The topological polar surface area (TPSA) is 71.8 Å². The zero-order valence-corrected chi connectivity index (χ0v) is 13.2. The van der Waals surface area contributed by atoms with Gasteiger partial charge >= 0.3 is 6.03 Å². The van der Waals surface area contributed by atoms with Gasteiger partial charge in [0.25, 0.3) is 0 Å². The van der Waals surface area contributed by atoms with Crippen molar-refractivity contribution < 1.29 is 4.79 Å². The second-order valence-electron chi connectivity index (χ2n) is 4.87. The second kappa shape index (κ2) is 7.78. The first-order valence-electron chi connectivity index (χ1n) is 7.12. The van der Waals surface area contributed by atoms with Crippen LogP contribution in [0.5, 0.6) is 0 Å². The summed E-state index contributed by atoms with van der Waals surface area (Å²) in [5, 5.41) is 12.9. The Morgan fingerprint density at radius 1 is 1.52 bits per heavy atom. The van der Waals surface area contributed by atoms with Gasteiger partial charge in [-0.2, -0.15) is 5.10 Å². The van der Waals surface area contributed by atoms with Gasteiger partial charge in [-0.15, -0.1) is 11.3 Å². The molecule has 0 aliphatic carbocycles. The maximum Gasteiger partial charge on any atom is 0.315 e. The summed E-state index contributed by atoms with van der Waals surface area (Å²) in [5.41, 5.74) is 1.15. The smallest absolute Gasteiger partial charge is 0.315 e. The minimum atomic E-state index is -0.145. The molecule has 6 nitrogen and oxygen atoms in total. The number of nitrogens with zero attached hydrogens (tertiary/aromatic N) is 3. The number of carbonyl (C=O) groups is 1. The zero-order valence-electron chi connectivity index (χ0n) is 12.4. The van der Waals surface area contributed by atoms with Gasteiger partial charge in [0.1, 0.15) is 5.01 Å². The molecule has 2 heterocycles. The molecule has 1 atom stereocenters. The minimum absolute atomic E-state index is 0.0150. The molecule has 0 radical (unpaired) electrons. The van der Waals surface area contributed by atoms with Gasteiger partial charge in [-0.1, -0.05) is 6.92 Å². The van der Waals surface area contributed by atoms with Crippen molar-refractivity contribution in [2.45, 2.75) is 39.3 Å². The molecular formula is C14H21N5OS. The van der Waals surface area contributed by atoms with Crippen molar-refractivity contribution in [3.63, 3.8) is 0 Å². The Balaban J connectivity index is 1.67. The number of urea groups is 1. The van der Waals surface area contributed by atoms with Gasteiger partial charge in [0, 0.05) is 30.9 Å². The highest BCUT2D eigenvalue weighted by Crippen LogP contribution is 2.18. The van der Waals surface area contributed by atoms with Crippen molar-refractivity contribution in [1.29, 1.82) is 0 Å². The summed E-state index contributed by atoms with van der Waals surface area (Å²) in [6, 6.07) is -0.160. The fourth-order valence-electron chi connectivity index (χ4n) is 1.99. The number of hydrogen-bond donors (Lipinski definition) is 2. The zero-order chi connectivity index (χ0) is 15.1. The molecule has 0 aromatic carbocycles. The fourth-order valence-corrected chi connectivity index (χ4v) is 2.76. The van der Waals surface area contributed by atoms with Crippen molar-refractivity contribution in [2.75, 3.05) is 6.54 Å². The Bertz CT molecular complexity index is 551. The molecule has 0 fully saturated rings. The lowest BCUT2D eigenvalue weighted by atomic mass is 10.2. The van der Waals surface area contributed by atoms with E-state index < -0.39 is 0 Å². The quantitative estimate of drug-likeness (QED) is 0.772. The first-order chi connectivity index (χ1) is 10.2. The maximum atomic E-state index is 11.9. The molecule has 2 aromatic heterocycles. The first kappa shape index (κ1) is 15.5. The number of nitrogens with one attached hydrogen (secondary N) is 2. The number of hydrogen-bond acceptors (Lipinski definition) is 4. The van der Waals surface area contributed by atoms with Crippen molar-refractivity contribution in [3.8, 4) is 0 Å². The molecule has 21 heavy (non-hydrogen) atoms. The lowest BCUT2D eigenvalue weighted by Gasteiger charge is -2.15. The van der Waals surface area contributed by atoms with Crippen molar-refractivity contribution in [3.05, 3.63) is 34.5 Å². The Hall–Kier alpha value is -1.89. The van der Waals surface area contributed by atoms with E-state index in [0.717, 1.165) is 30.0 Å². The van der Waals surface area contributed by atoms with E-state index in [2.05, 4.69) is 20.7 Å². The van der Waals surface area contributed by atoms with Crippen LogP contribution in [0.1, 0.15) is 36.4 Å². The number of thiazole rings is 1. The van der Waals surface area contributed by atoms with Crippen LogP contribution in [0.15, 0.2) is 24.0 Å². The highest BCUT2D eigenvalue weighted by atomic mass is 32.1. The van der Waals surface area contributed by atoms with E-state index in [1.54, 1.807) is 17.5 Å². The second-order valence-corrected chi connectivity index (χ2v) is 5.79. The molecule has 0 unspecified atom stereocenters. The highest BCUT2D eigenvalue weighted by molar-refractivity contribution is 7.09. The van der Waals surface area contributed by atoms with Crippen molar-refractivity contribution >= 4 is 17.4 Å². The van der Waals surface area contributed by atoms with E-state index in [4.69, 9.17) is 0 Å². The summed E-state index contributed by atoms with van der Waals surface area (Å²) in [6.07, 6.45) is 7.26. The number of amides is 2. The van der Waals surface area contributed by atoms with Crippen molar-refractivity contribution in [1.82, 2.24) is 25.4 Å². The molecule has 2 rings (SSSR count). The minimum Gasteiger partial charge on any atom is -0.338 e. The van der Waals surface area contributed by atoms with Crippen LogP contribution in [0.3, 0.4) is 0 Å². The van der Waals surface area contributed by atoms with E-state index in [1.807, 2.05) is 36.3 Å². The Kier molecular flexibility index (Phi) is 5.74. The Morgan fingerprint density at radius 3 is 3.00 bits per heavy atom. The van der Waals surface area contributed by atoms with Gasteiger partial charge in [0.05, 0.1) is 12.2 Å². The monoisotopic (exact) mass is 307 g/mol. The average Bonchev–Trinajstić information content (AvgIpc) is 3.12. The van der Waals surface area contributed by atoms with Crippen LogP contribution in [0.25, 0.3) is 0 Å². The Labute approximate surface area is 128 Å². The van der Waals surface area contributed by atoms with Crippen LogP contribution >= 0.6 is 11.3 Å². The lowest BCUT2D eigenvalue weighted by molar-refractivity contribution is 0.236. The van der Waals surface area contributed by atoms with E-state index in [9.17, 15) is 4.79 Å². The van der Waals surface area contributed by atoms with Crippen molar-refractivity contribution in [2.24, 2.45) is 0 Å². The SMILES string of the molecule is CC[C@@H](NC(=O)NCCCn1cc(C)cn1)c1nccs1. The number of aryl methyl sites for hydroxylation is 2. The van der Waals surface area contributed by atoms with Crippen LogP contribution in [-0.2, 0) is 6.54 Å². The number of aromatic nitrogens is 3. The fraction of sp³-hybridized carbons (Fsp3) is 0.500. The van der Waals surface area contributed by atoms with E-state index in [0.29, 0.717) is 6.54 Å². The normalized spacial score (nSPS) is 12.1. The Morgan fingerprint density at radius 2 is 2.38 bits per heavy atom. The molecule has 7 heteroatoms. The molecule has 2 aromatic rings. The molecule has 114 valence electrons. The van der Waals surface area contributed by atoms with Gasteiger partial charge in [0.2, 0.25) is 0 Å². The summed E-state index contributed by atoms with van der Waals surface area (Å²) < 4.78 is 1.89. The third-order valence-electron chi connectivity index (χ3n) is 3.07. The highest BCUT2D eigenvalue weighted by Gasteiger charge is 2.14. The van der Waals surface area contributed by atoms with E-state index in [-0.39, 0.29) is 12.1 Å². The molecule has 0 saturated heterocycles. The molecule has 0 bridgehead atoms. The molecule has 2 N–H and O–H groups in total. The summed E-state index contributed by atoms with van der Waals surface area (Å²) in [4.78, 5) is 16.1. The number of rotatable bonds is 7. The maximum absolute atomic E-state index is 11.9. The van der Waals surface area contributed by atoms with Gasteiger partial charge in [-0.3, -0.25) is 4.68 Å². The van der Waals surface area contributed by atoms with Crippen LogP contribution in [0.4, 0.5) is 4.79 Å². The lowest BCUT2D eigenvalue weighted by Crippen LogP contribution is -2.38. The van der Waals surface area contributed by atoms with Gasteiger partial charge in [0.15, 0.2) is 0 Å². The van der Waals surface area contributed by atoms with Crippen LogP contribution < -0.4 is 10.6 Å². The van der Waals surface area contributed by atoms with Gasteiger partial charge < -0.3 is 10.6 Å². The van der Waals surface area contributed by atoms with Crippen LogP contribution in [0, 0.1) is 6.92 Å². The predicted octanol–water partition coefficient (Wildman–Crippen LogP) is 2.49. The number of carbonyl (C=O) groups excluding carboxylic acids is 1. The predicted molar refractivity (Wildman–Crippen MR) is 83.3 cm³/mol. The molecule has 2 amide bonds. The molecule has 0 spiro atoms. The van der Waals surface area contributed by atoms with E-state index in [1.165, 1.54) is 0 Å². The average molecular weight is 307 g/mol. The van der Waals surface area contributed by atoms with Crippen LogP contribution in [0.2, 0.25) is 0 Å². The molecule has 0 aliphatic heterocycles. The molecular weight excluding hydrogens is 286 g/mol. The molecule has 0 saturated carbocycles. The van der Waals surface area contributed by atoms with Crippen LogP contribution in [-0.4, -0.2) is 27.3 Å².